The van der Waals surface area contributed by atoms with Crippen molar-refractivity contribution in [2.75, 3.05) is 7.11 Å². The standard InChI is InChI=1S/C40H46N2O5Si/c1-26(2)48(27(3)4,28(5)6)42-19-18-38-37(10-9-11-39(38)42)32-20-33(40(44)31-14-15-34(41-23-31)25-46-29(7)43)22-36(21-32)47-24-30-12-16-35(45-8)17-13-30/h9-23,26-28H,24-25H2,1-8H3. The number of carbonyl (C=O) groups excluding carboxylic acids is 2. The van der Waals surface area contributed by atoms with Gasteiger partial charge in [0.25, 0.3) is 0 Å². The molecular formula is C40H46N2O5Si. The Morgan fingerprint density at radius 2 is 1.50 bits per heavy atom. The number of ether oxygens (including phenoxy) is 3. The van der Waals surface area contributed by atoms with Crippen molar-refractivity contribution in [2.45, 2.75) is 78.3 Å². The van der Waals surface area contributed by atoms with Crippen LogP contribution in [0.1, 0.15) is 75.6 Å². The summed E-state index contributed by atoms with van der Waals surface area (Å²) in [6.45, 7) is 16.0. The molecule has 7 nitrogen and oxygen atoms in total. The number of fused-ring (bicyclic) bond motifs is 1. The van der Waals surface area contributed by atoms with Crippen LogP contribution in [0.3, 0.4) is 0 Å². The molecule has 0 fully saturated rings. The van der Waals surface area contributed by atoms with Gasteiger partial charge in [-0.1, -0.05) is 65.8 Å². The molecule has 0 spiro atoms. The average Bonchev–Trinajstić information content (AvgIpc) is 3.50. The van der Waals surface area contributed by atoms with Crippen LogP contribution in [-0.4, -0.2) is 36.3 Å². The van der Waals surface area contributed by atoms with Gasteiger partial charge in [0.2, 0.25) is 0 Å². The highest BCUT2D eigenvalue weighted by molar-refractivity contribution is 6.82. The molecule has 3 aromatic carbocycles. The fraction of sp³-hybridized carbons (Fsp3) is 0.325. The van der Waals surface area contributed by atoms with Crippen LogP contribution in [0.2, 0.25) is 16.6 Å². The Morgan fingerprint density at radius 3 is 2.10 bits per heavy atom. The number of methoxy groups -OCH3 is 1. The Labute approximate surface area is 285 Å². The van der Waals surface area contributed by atoms with Gasteiger partial charge < -0.3 is 18.4 Å². The SMILES string of the molecule is COc1ccc(COc2cc(C(=O)c3ccc(COC(C)=O)nc3)cc(-c3cccc4c3ccn4[Si](C(C)C)(C(C)C)C(C)C)c2)cc1. The number of carbonyl (C=O) groups is 2. The molecule has 0 saturated heterocycles. The van der Waals surface area contributed by atoms with Gasteiger partial charge in [-0.25, -0.2) is 0 Å². The molecule has 8 heteroatoms. The van der Waals surface area contributed by atoms with Gasteiger partial charge in [-0.05, 0) is 94.1 Å². The van der Waals surface area contributed by atoms with E-state index >= 15 is 0 Å². The van der Waals surface area contributed by atoms with E-state index in [1.807, 2.05) is 36.4 Å². The molecule has 2 heterocycles. The fourth-order valence-electron chi connectivity index (χ4n) is 7.44. The number of ketones is 1. The second-order valence-corrected chi connectivity index (χ2v) is 19.0. The number of benzene rings is 3. The number of aromatic nitrogens is 2. The minimum Gasteiger partial charge on any atom is -0.497 e. The Kier molecular flexibility index (Phi) is 10.5. The monoisotopic (exact) mass is 662 g/mol. The van der Waals surface area contributed by atoms with Crippen LogP contribution < -0.4 is 9.47 Å². The maximum absolute atomic E-state index is 13.9. The van der Waals surface area contributed by atoms with Crippen molar-refractivity contribution in [2.24, 2.45) is 0 Å². The number of esters is 1. The lowest BCUT2D eigenvalue weighted by Crippen LogP contribution is -2.51. The number of hydrogen-bond donors (Lipinski definition) is 0. The van der Waals surface area contributed by atoms with Gasteiger partial charge >= 0.3 is 5.97 Å². The Morgan fingerprint density at radius 1 is 0.792 bits per heavy atom. The molecule has 0 aliphatic heterocycles. The summed E-state index contributed by atoms with van der Waals surface area (Å²) in [6, 6.07) is 25.6. The molecule has 0 atom stereocenters. The summed E-state index contributed by atoms with van der Waals surface area (Å²) in [4.78, 5) is 29.5. The van der Waals surface area contributed by atoms with Gasteiger partial charge in [0.05, 0.1) is 12.8 Å². The third-order valence-corrected chi connectivity index (χ3v) is 16.3. The van der Waals surface area contributed by atoms with Crippen molar-refractivity contribution in [3.63, 3.8) is 0 Å². The van der Waals surface area contributed by atoms with E-state index in [2.05, 4.69) is 81.2 Å². The number of rotatable bonds is 13. The molecule has 48 heavy (non-hydrogen) atoms. The normalized spacial score (nSPS) is 11.8. The summed E-state index contributed by atoms with van der Waals surface area (Å²) in [6.07, 6.45) is 3.82. The molecule has 0 bridgehead atoms. The summed E-state index contributed by atoms with van der Waals surface area (Å²) in [5.74, 6) is 0.818. The van der Waals surface area contributed by atoms with E-state index in [0.29, 0.717) is 45.8 Å². The summed E-state index contributed by atoms with van der Waals surface area (Å²) in [5.41, 5.74) is 7.30. The Balaban J connectivity index is 1.59. The molecule has 0 radical (unpaired) electrons. The van der Waals surface area contributed by atoms with Gasteiger partial charge in [0.15, 0.2) is 14.0 Å². The summed E-state index contributed by atoms with van der Waals surface area (Å²) >= 11 is 0. The highest BCUT2D eigenvalue weighted by atomic mass is 28.3. The predicted molar refractivity (Wildman–Crippen MR) is 194 cm³/mol. The molecule has 0 aliphatic rings. The van der Waals surface area contributed by atoms with Crippen LogP contribution in [0.5, 0.6) is 11.5 Å². The maximum Gasteiger partial charge on any atom is 0.303 e. The number of nitrogens with zero attached hydrogens (tertiary/aromatic N) is 2. The third-order valence-electron chi connectivity index (χ3n) is 9.48. The molecule has 0 unspecified atom stereocenters. The van der Waals surface area contributed by atoms with E-state index in [9.17, 15) is 9.59 Å². The zero-order chi connectivity index (χ0) is 34.6. The minimum atomic E-state index is -2.00. The first-order valence-corrected chi connectivity index (χ1v) is 18.8. The minimum absolute atomic E-state index is 0.0564. The first-order valence-electron chi connectivity index (χ1n) is 16.6. The van der Waals surface area contributed by atoms with Crippen molar-refractivity contribution in [1.82, 2.24) is 9.22 Å². The summed E-state index contributed by atoms with van der Waals surface area (Å²) < 4.78 is 19.3. The van der Waals surface area contributed by atoms with Gasteiger partial charge in [-0.3, -0.25) is 14.6 Å². The van der Waals surface area contributed by atoms with Gasteiger partial charge in [0, 0.05) is 35.2 Å². The third kappa shape index (κ3) is 6.94. The molecule has 5 rings (SSSR count). The largest absolute Gasteiger partial charge is 0.497 e. The molecular weight excluding hydrogens is 617 g/mol. The lowest BCUT2D eigenvalue weighted by Gasteiger charge is -2.44. The second-order valence-electron chi connectivity index (χ2n) is 13.3. The van der Waals surface area contributed by atoms with Crippen LogP contribution in [0.15, 0.2) is 91.3 Å². The molecule has 0 N–H and O–H groups in total. The van der Waals surface area contributed by atoms with Gasteiger partial charge in [-0.15, -0.1) is 0 Å². The van der Waals surface area contributed by atoms with Gasteiger partial charge in [0.1, 0.15) is 24.7 Å². The molecule has 2 aromatic heterocycles. The van der Waals surface area contributed by atoms with Crippen molar-refractivity contribution >= 4 is 30.9 Å². The van der Waals surface area contributed by atoms with Crippen LogP contribution in [0.4, 0.5) is 0 Å². The molecule has 0 saturated carbocycles. The summed E-state index contributed by atoms with van der Waals surface area (Å²) in [5, 5.41) is 1.15. The number of pyridine rings is 1. The van der Waals surface area contributed by atoms with Crippen LogP contribution >= 0.6 is 0 Å². The van der Waals surface area contributed by atoms with E-state index in [1.165, 1.54) is 18.6 Å². The Hall–Kier alpha value is -4.69. The van der Waals surface area contributed by atoms with E-state index in [4.69, 9.17) is 14.2 Å². The zero-order valence-electron chi connectivity index (χ0n) is 29.2. The smallest absolute Gasteiger partial charge is 0.303 e. The Bertz CT molecular complexity index is 1870. The van der Waals surface area contributed by atoms with Crippen molar-refractivity contribution < 1.29 is 23.8 Å². The van der Waals surface area contributed by atoms with E-state index in [0.717, 1.165) is 27.8 Å². The van der Waals surface area contributed by atoms with Crippen molar-refractivity contribution in [1.29, 1.82) is 0 Å². The van der Waals surface area contributed by atoms with E-state index in [-0.39, 0.29) is 18.4 Å². The van der Waals surface area contributed by atoms with Gasteiger partial charge in [-0.2, -0.15) is 0 Å². The van der Waals surface area contributed by atoms with E-state index in [1.54, 1.807) is 25.3 Å². The highest BCUT2D eigenvalue weighted by Crippen LogP contribution is 2.45. The quantitative estimate of drug-likeness (QED) is 0.0710. The second kappa shape index (κ2) is 14.6. The molecule has 5 aromatic rings. The maximum atomic E-state index is 13.9. The molecule has 0 amide bonds. The lowest BCUT2D eigenvalue weighted by molar-refractivity contribution is -0.142. The number of hydrogen-bond acceptors (Lipinski definition) is 6. The van der Waals surface area contributed by atoms with Crippen molar-refractivity contribution in [3.05, 3.63) is 114 Å². The summed E-state index contributed by atoms with van der Waals surface area (Å²) in [7, 11) is -0.361. The predicted octanol–water partition coefficient (Wildman–Crippen LogP) is 9.61. The zero-order valence-corrected chi connectivity index (χ0v) is 30.2. The van der Waals surface area contributed by atoms with Crippen LogP contribution in [0, 0.1) is 0 Å². The van der Waals surface area contributed by atoms with Crippen LogP contribution in [0.25, 0.3) is 22.0 Å². The molecule has 250 valence electrons. The van der Waals surface area contributed by atoms with E-state index < -0.39 is 8.24 Å². The first-order chi connectivity index (χ1) is 22.9. The van der Waals surface area contributed by atoms with Crippen LogP contribution in [-0.2, 0) is 22.7 Å². The highest BCUT2D eigenvalue weighted by Gasteiger charge is 2.45. The first kappa shape index (κ1) is 34.6. The topological polar surface area (TPSA) is 79.7 Å². The lowest BCUT2D eigenvalue weighted by atomic mass is 9.96. The molecule has 0 aliphatic carbocycles. The fourth-order valence-corrected chi connectivity index (χ4v) is 14.0. The van der Waals surface area contributed by atoms with Crippen molar-refractivity contribution in [3.8, 4) is 22.6 Å². The average molecular weight is 663 g/mol.